The number of aromatic nitrogens is 6. The van der Waals surface area contributed by atoms with Gasteiger partial charge in [-0.1, -0.05) is 98.4 Å². The molecule has 3 aromatic heterocycles. The van der Waals surface area contributed by atoms with E-state index in [1.165, 1.54) is 33.4 Å². The van der Waals surface area contributed by atoms with Gasteiger partial charge in [0.2, 0.25) is 0 Å². The lowest BCUT2D eigenvalue weighted by atomic mass is 9.93. The topological polar surface area (TPSA) is 210 Å². The molecule has 17 heteroatoms. The maximum Gasteiger partial charge on any atom is 0.334 e. The number of nitrogens with zero attached hydrogens (tertiary/aromatic N) is 3. The Morgan fingerprint density at radius 3 is 1.54 bits per heavy atom. The summed E-state index contributed by atoms with van der Waals surface area (Å²) in [4.78, 5) is 81.1. The lowest BCUT2D eigenvalue weighted by Gasteiger charge is -2.26. The van der Waals surface area contributed by atoms with E-state index in [1.54, 1.807) is 33.9 Å². The van der Waals surface area contributed by atoms with E-state index in [0.29, 0.717) is 29.6 Å². The molecular weight excluding hydrogens is 882 g/mol. The molecule has 0 amide bonds. The van der Waals surface area contributed by atoms with Gasteiger partial charge >= 0.3 is 17.1 Å². The molecule has 16 nitrogen and oxygen atoms in total. The average molecular weight is 944 g/mol. The normalized spacial score (nSPS) is 13.2. The van der Waals surface area contributed by atoms with Crippen LogP contribution in [-0.4, -0.2) is 42.4 Å². The van der Waals surface area contributed by atoms with Crippen LogP contribution in [0, 0.1) is 12.7 Å². The fourth-order valence-corrected chi connectivity index (χ4v) is 7.69. The van der Waals surface area contributed by atoms with E-state index in [0.717, 1.165) is 46.6 Å². The lowest BCUT2D eigenvalue weighted by Crippen LogP contribution is -2.40. The highest BCUT2D eigenvalue weighted by atomic mass is 19.1. The molecule has 3 atom stereocenters. The first-order valence-corrected chi connectivity index (χ1v) is 22.4. The standard InChI is InChI=1S/C19H18FN3O2.C16H21N3O3.C16H19N3O2.CH4/c1-12-8-15(20)10-16(9-12)23-18(24)11-17(22-19(23)25)21-13(2)14-6-4-3-5-7-14;1-11(2)19-15(20)9-14(18-16(19)21)17-13(10-22-3)12-7-5-4-6-8-12;1-11(12-6-3-2-4-7-12)17-14-10-15(20)19(16(21)18-14)13-8-5-9-13;/h3-11,13,21H,1-2H3,(H,22,25);4-9,11,13,17H,10H2,1-3H3,(H,18,21);2-4,6-7,10-11,13,17H,5,8-9H2,1H3,(H,18,21);1H4/t2*13-;11-;/m000./s1. The summed E-state index contributed by atoms with van der Waals surface area (Å²) in [7, 11) is 1.61. The second-order valence-corrected chi connectivity index (χ2v) is 16.8. The van der Waals surface area contributed by atoms with Crippen molar-refractivity contribution in [2.45, 2.75) is 91.5 Å². The first kappa shape index (κ1) is 52.2. The van der Waals surface area contributed by atoms with Gasteiger partial charge in [0.15, 0.2) is 0 Å². The van der Waals surface area contributed by atoms with Gasteiger partial charge in [0, 0.05) is 49.5 Å². The van der Waals surface area contributed by atoms with Gasteiger partial charge in [-0.25, -0.2) is 23.3 Å². The van der Waals surface area contributed by atoms with Crippen LogP contribution in [-0.2, 0) is 4.74 Å². The zero-order chi connectivity index (χ0) is 48.9. The molecule has 0 saturated heterocycles. The van der Waals surface area contributed by atoms with Crippen molar-refractivity contribution in [1.82, 2.24) is 28.7 Å². The number of H-pyrrole nitrogens is 3. The molecule has 3 heterocycles. The third-order valence-corrected chi connectivity index (χ3v) is 11.3. The molecule has 8 rings (SSSR count). The molecule has 0 unspecified atom stereocenters. The van der Waals surface area contributed by atoms with Crippen LogP contribution < -0.4 is 49.7 Å². The minimum atomic E-state index is -0.625. The second-order valence-electron chi connectivity index (χ2n) is 16.8. The van der Waals surface area contributed by atoms with Gasteiger partial charge < -0.3 is 20.7 Å². The first-order chi connectivity index (χ1) is 32.6. The maximum absolute atomic E-state index is 13.6. The Balaban J connectivity index is 0.000000192. The summed E-state index contributed by atoms with van der Waals surface area (Å²) in [5.41, 5.74) is 1.50. The van der Waals surface area contributed by atoms with Crippen molar-refractivity contribution in [3.05, 3.63) is 218 Å². The number of aromatic amines is 3. The van der Waals surface area contributed by atoms with E-state index in [9.17, 15) is 33.2 Å². The van der Waals surface area contributed by atoms with Crippen LogP contribution in [0.4, 0.5) is 21.8 Å². The van der Waals surface area contributed by atoms with Crippen molar-refractivity contribution in [1.29, 1.82) is 0 Å². The van der Waals surface area contributed by atoms with Crippen LogP contribution in [0.3, 0.4) is 0 Å². The van der Waals surface area contributed by atoms with E-state index in [1.807, 2.05) is 105 Å². The highest BCUT2D eigenvalue weighted by Gasteiger charge is 2.23. The summed E-state index contributed by atoms with van der Waals surface area (Å²) >= 11 is 0. The van der Waals surface area contributed by atoms with E-state index < -0.39 is 22.8 Å². The summed E-state index contributed by atoms with van der Waals surface area (Å²) < 4.78 is 22.2. The second kappa shape index (κ2) is 24.3. The molecule has 6 N–H and O–H groups in total. The number of nitrogens with one attached hydrogen (secondary N) is 6. The third-order valence-electron chi connectivity index (χ3n) is 11.3. The number of benzene rings is 4. The lowest BCUT2D eigenvalue weighted by molar-refractivity contribution is 0.186. The number of rotatable bonds is 14. The van der Waals surface area contributed by atoms with Crippen LogP contribution in [0.5, 0.6) is 0 Å². The molecule has 0 aliphatic heterocycles. The number of anilines is 3. The van der Waals surface area contributed by atoms with Gasteiger partial charge in [0.05, 0.1) is 18.3 Å². The quantitative estimate of drug-likeness (QED) is 0.0617. The van der Waals surface area contributed by atoms with Gasteiger partial charge in [-0.2, -0.15) is 0 Å². The summed E-state index contributed by atoms with van der Waals surface area (Å²) in [6.07, 6.45) is 2.91. The zero-order valence-electron chi connectivity index (χ0n) is 38.9. The summed E-state index contributed by atoms with van der Waals surface area (Å²) in [5.74, 6) is 0.673. The highest BCUT2D eigenvalue weighted by Crippen LogP contribution is 2.29. The SMILES string of the molecule is C.COC[C@H](Nc1cc(=O)n(C(C)C)c(=O)[nH]1)c1ccccc1.C[C@H](Nc1cc(=O)n(C2CCC2)c(=O)[nH]1)c1ccccc1.Cc1cc(F)cc(-n2c(=O)cc(N[C@@H](C)c3ccccc3)[nH]c2=O)c1. The summed E-state index contributed by atoms with van der Waals surface area (Å²) in [6.45, 7) is 9.62. The van der Waals surface area contributed by atoms with Gasteiger partial charge in [-0.3, -0.25) is 38.5 Å². The smallest absolute Gasteiger partial charge is 0.334 e. The number of methoxy groups -OCH3 is 1. The molecule has 0 spiro atoms. The Labute approximate surface area is 398 Å². The van der Waals surface area contributed by atoms with Crippen LogP contribution in [0.2, 0.25) is 0 Å². The molecule has 1 aliphatic carbocycles. The fourth-order valence-electron chi connectivity index (χ4n) is 7.69. The predicted molar refractivity (Wildman–Crippen MR) is 272 cm³/mol. The maximum atomic E-state index is 13.6. The molecule has 69 heavy (non-hydrogen) atoms. The molecular formula is C52H62FN9O7. The van der Waals surface area contributed by atoms with Crippen molar-refractivity contribution in [3.63, 3.8) is 0 Å². The Morgan fingerprint density at radius 1 is 0.609 bits per heavy atom. The summed E-state index contributed by atoms with van der Waals surface area (Å²) in [6, 6.07) is 37.1. The molecule has 364 valence electrons. The summed E-state index contributed by atoms with van der Waals surface area (Å²) in [5, 5.41) is 9.42. The largest absolute Gasteiger partial charge is 0.382 e. The average Bonchev–Trinajstić information content (AvgIpc) is 3.27. The van der Waals surface area contributed by atoms with Crippen molar-refractivity contribution in [2.24, 2.45) is 0 Å². The highest BCUT2D eigenvalue weighted by molar-refractivity contribution is 5.41. The van der Waals surface area contributed by atoms with Crippen molar-refractivity contribution < 1.29 is 9.13 Å². The van der Waals surface area contributed by atoms with E-state index in [-0.39, 0.29) is 60.1 Å². The Hall–Kier alpha value is -7.79. The minimum absolute atomic E-state index is 0. The molecule has 0 radical (unpaired) electrons. The minimum Gasteiger partial charge on any atom is -0.382 e. The van der Waals surface area contributed by atoms with E-state index >= 15 is 0 Å². The molecule has 4 aromatic carbocycles. The molecule has 7 aromatic rings. The first-order valence-electron chi connectivity index (χ1n) is 22.4. The van der Waals surface area contributed by atoms with E-state index in [2.05, 4.69) is 30.9 Å². The Kier molecular flexibility index (Phi) is 18.4. The Bertz CT molecular complexity index is 3010. The number of hydrogen-bond acceptors (Lipinski definition) is 10. The van der Waals surface area contributed by atoms with Crippen LogP contribution in [0.25, 0.3) is 5.69 Å². The molecule has 0 bridgehead atoms. The van der Waals surface area contributed by atoms with Crippen molar-refractivity contribution >= 4 is 17.5 Å². The van der Waals surface area contributed by atoms with Crippen molar-refractivity contribution in [3.8, 4) is 5.69 Å². The van der Waals surface area contributed by atoms with Crippen LogP contribution in [0.1, 0.15) is 107 Å². The van der Waals surface area contributed by atoms with Crippen LogP contribution >= 0.6 is 0 Å². The fraction of sp³-hybridized carbons (Fsp3) is 0.308. The molecule has 1 aliphatic rings. The van der Waals surface area contributed by atoms with Gasteiger partial charge in [-0.15, -0.1) is 0 Å². The number of ether oxygens (including phenoxy) is 1. The van der Waals surface area contributed by atoms with Crippen LogP contribution in [0.15, 0.2) is 156 Å². The molecule has 1 fully saturated rings. The zero-order valence-corrected chi connectivity index (χ0v) is 38.9. The number of aryl methyl sites for hydroxylation is 1. The predicted octanol–water partition coefficient (Wildman–Crippen LogP) is 8.13. The van der Waals surface area contributed by atoms with Gasteiger partial charge in [0.1, 0.15) is 23.3 Å². The number of halogens is 1. The monoisotopic (exact) mass is 943 g/mol. The Morgan fingerprint density at radius 2 is 1.09 bits per heavy atom. The number of hydrogen-bond donors (Lipinski definition) is 6. The van der Waals surface area contributed by atoms with Crippen molar-refractivity contribution in [2.75, 3.05) is 29.7 Å². The van der Waals surface area contributed by atoms with Gasteiger partial charge in [0.25, 0.3) is 16.7 Å². The third kappa shape index (κ3) is 13.9. The van der Waals surface area contributed by atoms with Gasteiger partial charge in [-0.05, 0) is 94.3 Å². The van der Waals surface area contributed by atoms with E-state index in [4.69, 9.17) is 4.74 Å². The molecule has 1 saturated carbocycles.